The molecule has 0 bridgehead atoms. The van der Waals surface area contributed by atoms with E-state index in [2.05, 4.69) is 36.2 Å². The summed E-state index contributed by atoms with van der Waals surface area (Å²) >= 11 is 1.92. The molecule has 0 saturated heterocycles. The molecule has 2 nitrogen and oxygen atoms in total. The van der Waals surface area contributed by atoms with Crippen LogP contribution in [-0.4, -0.2) is 25.0 Å². The van der Waals surface area contributed by atoms with E-state index in [1.165, 1.54) is 28.3 Å². The number of rotatable bonds is 4. The highest BCUT2D eigenvalue weighted by Crippen LogP contribution is 2.24. The summed E-state index contributed by atoms with van der Waals surface area (Å²) in [6, 6.07) is 2.36. The molecule has 0 radical (unpaired) electrons. The normalized spacial score (nSPS) is 17.2. The van der Waals surface area contributed by atoms with Gasteiger partial charge in [-0.15, -0.1) is 11.3 Å². The highest BCUT2D eigenvalue weighted by Gasteiger charge is 2.12. The molecule has 0 aliphatic carbocycles. The van der Waals surface area contributed by atoms with Crippen molar-refractivity contribution < 1.29 is 0 Å². The summed E-state index contributed by atoms with van der Waals surface area (Å²) in [7, 11) is 2.01. The predicted molar refractivity (Wildman–Crippen MR) is 75.5 cm³/mol. The van der Waals surface area contributed by atoms with Crippen molar-refractivity contribution in [3.63, 3.8) is 0 Å². The summed E-state index contributed by atoms with van der Waals surface area (Å²) in [6.45, 7) is 8.89. The minimum Gasteiger partial charge on any atom is -0.315 e. The molecular weight excluding hydrogens is 228 g/mol. The fourth-order valence-corrected chi connectivity index (χ4v) is 3.27. The van der Waals surface area contributed by atoms with E-state index in [1.54, 1.807) is 5.57 Å². The largest absolute Gasteiger partial charge is 0.315 e. The van der Waals surface area contributed by atoms with Crippen molar-refractivity contribution in [1.82, 2.24) is 10.2 Å². The Bertz CT molecular complexity index is 406. The van der Waals surface area contributed by atoms with E-state index in [0.29, 0.717) is 0 Å². The van der Waals surface area contributed by atoms with Gasteiger partial charge in [-0.2, -0.15) is 0 Å². The van der Waals surface area contributed by atoms with E-state index >= 15 is 0 Å². The quantitative estimate of drug-likeness (QED) is 0.827. The Hall–Kier alpha value is -0.640. The molecule has 0 amide bonds. The van der Waals surface area contributed by atoms with Crippen LogP contribution in [0.5, 0.6) is 0 Å². The Morgan fingerprint density at radius 2 is 2.24 bits per heavy atom. The molecule has 2 rings (SSSR count). The van der Waals surface area contributed by atoms with Crippen LogP contribution >= 0.6 is 11.3 Å². The fourth-order valence-electron chi connectivity index (χ4n) is 2.20. The van der Waals surface area contributed by atoms with Crippen molar-refractivity contribution in [2.45, 2.75) is 33.4 Å². The van der Waals surface area contributed by atoms with E-state index in [-0.39, 0.29) is 0 Å². The summed E-state index contributed by atoms with van der Waals surface area (Å²) in [5, 5.41) is 3.22. The van der Waals surface area contributed by atoms with Crippen molar-refractivity contribution in [2.75, 3.05) is 20.1 Å². The van der Waals surface area contributed by atoms with Crippen LogP contribution in [0.1, 0.15) is 28.7 Å². The number of nitrogens with one attached hydrogen (secondary N) is 1. The Morgan fingerprint density at radius 1 is 1.41 bits per heavy atom. The molecule has 1 aliphatic heterocycles. The molecule has 0 spiro atoms. The molecule has 1 aromatic heterocycles. The van der Waals surface area contributed by atoms with E-state index in [0.717, 1.165) is 19.6 Å². The van der Waals surface area contributed by atoms with Gasteiger partial charge in [-0.1, -0.05) is 11.6 Å². The van der Waals surface area contributed by atoms with Gasteiger partial charge in [0.2, 0.25) is 0 Å². The van der Waals surface area contributed by atoms with Crippen LogP contribution in [0.4, 0.5) is 0 Å². The summed E-state index contributed by atoms with van der Waals surface area (Å²) in [6.07, 6.45) is 3.59. The standard InChI is InChI=1S/C14H22N2S/c1-11-4-6-16(7-5-11)10-13-8-14(9-15-3)17-12(13)2/h4,8,15H,5-7,9-10H2,1-3H3. The lowest BCUT2D eigenvalue weighted by Crippen LogP contribution is -2.27. The second kappa shape index (κ2) is 5.80. The first-order valence-electron chi connectivity index (χ1n) is 6.30. The van der Waals surface area contributed by atoms with Gasteiger partial charge in [-0.05, 0) is 38.9 Å². The van der Waals surface area contributed by atoms with E-state index in [9.17, 15) is 0 Å². The third-order valence-corrected chi connectivity index (χ3v) is 4.43. The molecule has 0 fully saturated rings. The van der Waals surface area contributed by atoms with E-state index in [1.807, 2.05) is 18.4 Å². The first-order chi connectivity index (χ1) is 8.19. The molecule has 1 N–H and O–H groups in total. The highest BCUT2D eigenvalue weighted by molar-refractivity contribution is 7.12. The lowest BCUT2D eigenvalue weighted by Gasteiger charge is -2.25. The van der Waals surface area contributed by atoms with Crippen LogP contribution in [0.15, 0.2) is 17.7 Å². The maximum Gasteiger partial charge on any atom is 0.0296 e. The van der Waals surface area contributed by atoms with Gasteiger partial charge in [0.15, 0.2) is 0 Å². The Balaban J connectivity index is 1.98. The third kappa shape index (κ3) is 3.41. The molecule has 0 unspecified atom stereocenters. The zero-order valence-electron chi connectivity index (χ0n) is 11.0. The molecule has 0 aromatic carbocycles. The Labute approximate surface area is 108 Å². The van der Waals surface area contributed by atoms with Gasteiger partial charge in [-0.25, -0.2) is 0 Å². The highest BCUT2D eigenvalue weighted by atomic mass is 32.1. The molecular formula is C14H22N2S. The van der Waals surface area contributed by atoms with Crippen LogP contribution < -0.4 is 5.32 Å². The lowest BCUT2D eigenvalue weighted by molar-refractivity contribution is 0.286. The molecule has 0 atom stereocenters. The van der Waals surface area contributed by atoms with Crippen molar-refractivity contribution in [2.24, 2.45) is 0 Å². The van der Waals surface area contributed by atoms with Gasteiger partial charge in [0.1, 0.15) is 0 Å². The Morgan fingerprint density at radius 3 is 2.88 bits per heavy atom. The van der Waals surface area contributed by atoms with Crippen molar-refractivity contribution in [3.8, 4) is 0 Å². The molecule has 94 valence electrons. The van der Waals surface area contributed by atoms with Gasteiger partial charge in [0.25, 0.3) is 0 Å². The summed E-state index contributed by atoms with van der Waals surface area (Å²) in [4.78, 5) is 5.45. The van der Waals surface area contributed by atoms with Crippen LogP contribution in [0, 0.1) is 6.92 Å². The number of aryl methyl sites for hydroxylation is 1. The molecule has 0 saturated carbocycles. The zero-order valence-corrected chi connectivity index (χ0v) is 11.9. The smallest absolute Gasteiger partial charge is 0.0296 e. The number of thiophene rings is 1. The van der Waals surface area contributed by atoms with Crippen LogP contribution in [-0.2, 0) is 13.1 Å². The Kier molecular flexibility index (Phi) is 4.37. The van der Waals surface area contributed by atoms with E-state index in [4.69, 9.17) is 0 Å². The molecule has 1 aliphatic rings. The second-order valence-electron chi connectivity index (χ2n) is 4.86. The lowest BCUT2D eigenvalue weighted by atomic mass is 10.1. The van der Waals surface area contributed by atoms with Crippen molar-refractivity contribution in [3.05, 3.63) is 33.0 Å². The zero-order chi connectivity index (χ0) is 12.3. The van der Waals surface area contributed by atoms with Crippen molar-refractivity contribution >= 4 is 11.3 Å². The number of hydrogen-bond donors (Lipinski definition) is 1. The average Bonchev–Trinajstić information content (AvgIpc) is 2.63. The molecule has 2 heterocycles. The minimum absolute atomic E-state index is 0.991. The topological polar surface area (TPSA) is 15.3 Å². The second-order valence-corrected chi connectivity index (χ2v) is 6.20. The molecule has 17 heavy (non-hydrogen) atoms. The SMILES string of the molecule is CNCc1cc(CN2CC=C(C)CC2)c(C)s1. The average molecular weight is 250 g/mol. The summed E-state index contributed by atoms with van der Waals surface area (Å²) in [5.41, 5.74) is 3.05. The maximum atomic E-state index is 3.22. The van der Waals surface area contributed by atoms with Crippen LogP contribution in [0.2, 0.25) is 0 Å². The first kappa shape index (κ1) is 12.8. The molecule has 1 aromatic rings. The number of hydrogen-bond acceptors (Lipinski definition) is 3. The predicted octanol–water partition coefficient (Wildman–Crippen LogP) is 2.93. The minimum atomic E-state index is 0.991. The summed E-state index contributed by atoms with van der Waals surface area (Å²) in [5.74, 6) is 0. The maximum absolute atomic E-state index is 3.22. The van der Waals surface area contributed by atoms with Gasteiger partial charge in [0.05, 0.1) is 0 Å². The monoisotopic (exact) mass is 250 g/mol. The fraction of sp³-hybridized carbons (Fsp3) is 0.571. The molecule has 3 heteroatoms. The van der Waals surface area contributed by atoms with Gasteiger partial charge in [-0.3, -0.25) is 4.90 Å². The van der Waals surface area contributed by atoms with Gasteiger partial charge >= 0.3 is 0 Å². The summed E-state index contributed by atoms with van der Waals surface area (Å²) < 4.78 is 0. The van der Waals surface area contributed by atoms with Crippen molar-refractivity contribution in [1.29, 1.82) is 0 Å². The van der Waals surface area contributed by atoms with Gasteiger partial charge in [0, 0.05) is 35.9 Å². The van der Waals surface area contributed by atoms with E-state index < -0.39 is 0 Å². The van der Waals surface area contributed by atoms with Gasteiger partial charge < -0.3 is 5.32 Å². The van der Waals surface area contributed by atoms with Crippen LogP contribution in [0.25, 0.3) is 0 Å². The third-order valence-electron chi connectivity index (χ3n) is 3.34. The first-order valence-corrected chi connectivity index (χ1v) is 7.11. The number of nitrogens with zero attached hydrogens (tertiary/aromatic N) is 1. The van der Waals surface area contributed by atoms with Crippen LogP contribution in [0.3, 0.4) is 0 Å².